The highest BCUT2D eigenvalue weighted by atomic mass is 17.2. The molecule has 19 heavy (non-hydrogen) atoms. The smallest absolute Gasteiger partial charge is 0.292 e. The van der Waals surface area contributed by atoms with Gasteiger partial charge in [-0.1, -0.05) is 6.92 Å². The van der Waals surface area contributed by atoms with Crippen LogP contribution >= 0.6 is 0 Å². The van der Waals surface area contributed by atoms with Crippen molar-refractivity contribution in [2.75, 3.05) is 0 Å². The first-order valence-corrected chi connectivity index (χ1v) is 6.59. The molecule has 1 aromatic rings. The first kappa shape index (κ1) is 15.7. The molecule has 105 valence electrons. The summed E-state index contributed by atoms with van der Waals surface area (Å²) in [4.78, 5) is 22.1. The van der Waals surface area contributed by atoms with Gasteiger partial charge in [-0.05, 0) is 75.8 Å². The average Bonchev–Trinajstić information content (AvgIpc) is 2.40. The fraction of sp³-hybridized carbons (Fsp3) is 0.500. The highest BCUT2D eigenvalue weighted by Crippen LogP contribution is 2.26. The Morgan fingerprint density at radius 2 is 1.26 bits per heavy atom. The van der Waals surface area contributed by atoms with Crippen LogP contribution in [0.5, 0.6) is 0 Å². The highest BCUT2D eigenvalue weighted by Gasteiger charge is 2.20. The fourth-order valence-electron chi connectivity index (χ4n) is 2.02. The van der Waals surface area contributed by atoms with E-state index in [0.29, 0.717) is 11.7 Å². The normalized spacial score (nSPS) is 10.9. The Hall–Kier alpha value is -1.35. The molecule has 0 heterocycles. The molecule has 3 heteroatoms. The van der Waals surface area contributed by atoms with Gasteiger partial charge in [-0.2, -0.15) is 4.89 Å². The van der Waals surface area contributed by atoms with E-state index in [4.69, 9.17) is 9.78 Å². The Bertz CT molecular complexity index is 460. The third-order valence-corrected chi connectivity index (χ3v) is 3.96. The monoisotopic (exact) mass is 263 g/mol. The molecule has 0 saturated heterocycles. The van der Waals surface area contributed by atoms with E-state index in [1.807, 2.05) is 34.6 Å². The van der Waals surface area contributed by atoms with Crippen molar-refractivity contribution >= 4 is 5.97 Å². The van der Waals surface area contributed by atoms with Gasteiger partial charge in [0.15, 0.2) is 0 Å². The van der Waals surface area contributed by atoms with Gasteiger partial charge in [0, 0.05) is 0 Å². The van der Waals surface area contributed by atoms with Crippen LogP contribution in [0, 0.1) is 40.7 Å². The van der Waals surface area contributed by atoms with Gasteiger partial charge in [0.05, 0.1) is 5.56 Å². The second-order valence-electron chi connectivity index (χ2n) is 5.01. The third kappa shape index (κ3) is 3.16. The van der Waals surface area contributed by atoms with Crippen LogP contribution in [0.25, 0.3) is 0 Å². The van der Waals surface area contributed by atoms with Crippen molar-refractivity contribution in [2.45, 2.75) is 54.9 Å². The van der Waals surface area contributed by atoms with Crippen LogP contribution < -0.4 is 0 Å². The number of rotatable bonds is 4. The summed E-state index contributed by atoms with van der Waals surface area (Å²) in [5.41, 5.74) is 6.03. The predicted octanol–water partition coefficient (Wildman–Crippen LogP) is 4.28. The molecular formula is C16H23O3. The quantitative estimate of drug-likeness (QED) is 0.601. The topological polar surface area (TPSA) is 35.5 Å². The molecule has 0 N–H and O–H groups in total. The van der Waals surface area contributed by atoms with Crippen LogP contribution in [0.1, 0.15) is 58.4 Å². The number of hydrogen-bond donors (Lipinski definition) is 0. The van der Waals surface area contributed by atoms with E-state index in [-0.39, 0.29) is 0 Å². The minimum atomic E-state index is -0.422. The summed E-state index contributed by atoms with van der Waals surface area (Å²) >= 11 is 0. The van der Waals surface area contributed by atoms with Gasteiger partial charge >= 0.3 is 5.97 Å². The fourth-order valence-corrected chi connectivity index (χ4v) is 2.02. The van der Waals surface area contributed by atoms with Crippen molar-refractivity contribution in [1.29, 1.82) is 0 Å². The van der Waals surface area contributed by atoms with E-state index < -0.39 is 5.97 Å². The lowest BCUT2D eigenvalue weighted by Crippen LogP contribution is -2.14. The van der Waals surface area contributed by atoms with Crippen molar-refractivity contribution in [3.8, 4) is 0 Å². The molecule has 0 bridgehead atoms. The Morgan fingerprint density at radius 3 is 1.68 bits per heavy atom. The van der Waals surface area contributed by atoms with Crippen LogP contribution in [-0.2, 0) is 9.78 Å². The van der Waals surface area contributed by atoms with Crippen molar-refractivity contribution < 1.29 is 14.6 Å². The lowest BCUT2D eigenvalue weighted by atomic mass is 9.90. The molecule has 0 aliphatic rings. The molecule has 0 unspecified atom stereocenters. The molecule has 0 atom stereocenters. The standard InChI is InChI=1S/C16H23O3/c1-8-9(2)18-19-16(17)15-13(6)11(4)10(3)12(5)14(15)7/h8H2,1-7H3. The van der Waals surface area contributed by atoms with Crippen LogP contribution in [-0.4, -0.2) is 5.97 Å². The molecule has 1 aromatic carbocycles. The molecule has 0 amide bonds. The molecule has 0 saturated carbocycles. The lowest BCUT2D eigenvalue weighted by molar-refractivity contribution is -0.232. The molecule has 1 rings (SSSR count). The molecule has 3 nitrogen and oxygen atoms in total. The molecule has 0 aliphatic heterocycles. The van der Waals surface area contributed by atoms with E-state index in [1.54, 1.807) is 6.92 Å². The zero-order chi connectivity index (χ0) is 14.7. The van der Waals surface area contributed by atoms with Crippen molar-refractivity contribution in [1.82, 2.24) is 0 Å². The SMILES string of the molecule is CC[C](C)OOC(=O)c1c(C)c(C)c(C)c(C)c1C. The first-order valence-electron chi connectivity index (χ1n) is 6.59. The summed E-state index contributed by atoms with van der Waals surface area (Å²) < 4.78 is 0. The number of benzene rings is 1. The molecule has 0 aliphatic carbocycles. The van der Waals surface area contributed by atoms with E-state index >= 15 is 0 Å². The maximum Gasteiger partial charge on any atom is 0.373 e. The molecular weight excluding hydrogens is 240 g/mol. The zero-order valence-electron chi connectivity index (χ0n) is 12.9. The van der Waals surface area contributed by atoms with Gasteiger partial charge in [-0.15, -0.1) is 0 Å². The van der Waals surface area contributed by atoms with Crippen LogP contribution in [0.2, 0.25) is 0 Å². The number of carbonyl (C=O) groups is 1. The Balaban J connectivity index is 3.10. The Labute approximate surface area is 115 Å². The van der Waals surface area contributed by atoms with Crippen molar-refractivity contribution in [3.05, 3.63) is 39.5 Å². The lowest BCUT2D eigenvalue weighted by Gasteiger charge is -2.17. The van der Waals surface area contributed by atoms with E-state index in [0.717, 1.165) is 28.7 Å². The second kappa shape index (κ2) is 6.20. The van der Waals surface area contributed by atoms with Gasteiger partial charge in [-0.25, -0.2) is 4.79 Å². The van der Waals surface area contributed by atoms with E-state index in [2.05, 4.69) is 6.92 Å². The maximum absolute atomic E-state index is 12.2. The molecule has 0 fully saturated rings. The van der Waals surface area contributed by atoms with Crippen LogP contribution in [0.15, 0.2) is 0 Å². The van der Waals surface area contributed by atoms with E-state index in [9.17, 15) is 4.79 Å². The third-order valence-electron chi connectivity index (χ3n) is 3.96. The van der Waals surface area contributed by atoms with Gasteiger partial charge in [0.25, 0.3) is 0 Å². The van der Waals surface area contributed by atoms with Crippen molar-refractivity contribution in [3.63, 3.8) is 0 Å². The van der Waals surface area contributed by atoms with Crippen LogP contribution in [0.3, 0.4) is 0 Å². The predicted molar refractivity (Wildman–Crippen MR) is 75.8 cm³/mol. The van der Waals surface area contributed by atoms with E-state index in [1.165, 1.54) is 5.56 Å². The Morgan fingerprint density at radius 1 is 0.842 bits per heavy atom. The minimum Gasteiger partial charge on any atom is -0.292 e. The highest BCUT2D eigenvalue weighted by molar-refractivity contribution is 5.93. The van der Waals surface area contributed by atoms with Gasteiger partial charge in [-0.3, -0.25) is 4.89 Å². The maximum atomic E-state index is 12.2. The average molecular weight is 263 g/mol. The largest absolute Gasteiger partial charge is 0.373 e. The summed E-state index contributed by atoms with van der Waals surface area (Å²) in [6.45, 7) is 13.8. The van der Waals surface area contributed by atoms with Crippen molar-refractivity contribution in [2.24, 2.45) is 0 Å². The minimum absolute atomic E-state index is 0.422. The molecule has 0 spiro atoms. The number of hydrogen-bond acceptors (Lipinski definition) is 3. The Kier molecular flexibility index (Phi) is 5.12. The van der Waals surface area contributed by atoms with Gasteiger partial charge in [0.1, 0.15) is 6.10 Å². The first-order chi connectivity index (χ1) is 8.81. The van der Waals surface area contributed by atoms with Gasteiger partial charge < -0.3 is 0 Å². The molecule has 1 radical (unpaired) electrons. The zero-order valence-corrected chi connectivity index (χ0v) is 12.9. The summed E-state index contributed by atoms with van der Waals surface area (Å²) in [7, 11) is 0. The number of carbonyl (C=O) groups excluding carboxylic acids is 1. The molecule has 0 aromatic heterocycles. The second-order valence-corrected chi connectivity index (χ2v) is 5.01. The summed E-state index contributed by atoms with van der Waals surface area (Å²) in [6, 6.07) is 0. The summed E-state index contributed by atoms with van der Waals surface area (Å²) in [6.07, 6.45) is 1.40. The summed E-state index contributed by atoms with van der Waals surface area (Å²) in [5, 5.41) is 0. The summed E-state index contributed by atoms with van der Waals surface area (Å²) in [5.74, 6) is -0.422. The van der Waals surface area contributed by atoms with Gasteiger partial charge in [0.2, 0.25) is 0 Å². The van der Waals surface area contributed by atoms with Crippen LogP contribution in [0.4, 0.5) is 0 Å².